The summed E-state index contributed by atoms with van der Waals surface area (Å²) in [4.78, 5) is 44.0. The number of carbonyl (C=O) groups excluding carboxylic acids is 1. The first-order chi connectivity index (χ1) is 12.6. The Labute approximate surface area is 150 Å². The van der Waals surface area contributed by atoms with E-state index in [1.807, 2.05) is 0 Å². The Hall–Kier alpha value is -2.67. The van der Waals surface area contributed by atoms with Crippen molar-refractivity contribution in [2.75, 3.05) is 26.2 Å². The number of nitrogens with one attached hydrogen (secondary N) is 2. The van der Waals surface area contributed by atoms with Crippen LogP contribution in [0.3, 0.4) is 0 Å². The predicted molar refractivity (Wildman–Crippen MR) is 97.4 cm³/mol. The normalized spacial score (nSPS) is 20.6. The summed E-state index contributed by atoms with van der Waals surface area (Å²) in [5, 5.41) is 0. The van der Waals surface area contributed by atoms with Gasteiger partial charge in [0.25, 0.3) is 11.5 Å². The lowest BCUT2D eigenvalue weighted by molar-refractivity contribution is 0.0547. The monoisotopic (exact) mass is 354 g/mol. The molecular weight excluding hydrogens is 332 g/mol. The van der Waals surface area contributed by atoms with E-state index in [2.05, 4.69) is 39.1 Å². The molecule has 0 bridgehead atoms. The third kappa shape index (κ3) is 3.35. The van der Waals surface area contributed by atoms with Crippen molar-refractivity contribution >= 4 is 5.91 Å². The van der Waals surface area contributed by atoms with Crippen molar-refractivity contribution in [1.82, 2.24) is 19.8 Å². The van der Waals surface area contributed by atoms with Gasteiger partial charge in [-0.1, -0.05) is 24.3 Å². The molecule has 26 heavy (non-hydrogen) atoms. The van der Waals surface area contributed by atoms with Gasteiger partial charge in [0.05, 0.1) is 0 Å². The lowest BCUT2D eigenvalue weighted by atomic mass is 9.87. The van der Waals surface area contributed by atoms with E-state index < -0.39 is 11.2 Å². The topological polar surface area (TPSA) is 89.3 Å². The molecule has 0 radical (unpaired) electrons. The van der Waals surface area contributed by atoms with Crippen LogP contribution in [0.4, 0.5) is 0 Å². The Morgan fingerprint density at radius 3 is 2.46 bits per heavy atom. The predicted octanol–water partition coefficient (Wildman–Crippen LogP) is 0.379. The van der Waals surface area contributed by atoms with Gasteiger partial charge in [0.1, 0.15) is 5.69 Å². The maximum atomic E-state index is 12.5. The van der Waals surface area contributed by atoms with Crippen LogP contribution in [0, 0.1) is 0 Å². The number of amides is 1. The highest BCUT2D eigenvalue weighted by atomic mass is 16.2. The third-order valence-corrected chi connectivity index (χ3v) is 5.43. The highest BCUT2D eigenvalue weighted by Gasteiger charge is 2.29. The number of aromatic nitrogens is 2. The molecule has 7 nitrogen and oxygen atoms in total. The third-order valence-electron chi connectivity index (χ3n) is 5.43. The van der Waals surface area contributed by atoms with Crippen LogP contribution < -0.4 is 11.2 Å². The molecule has 0 spiro atoms. The Kier molecular flexibility index (Phi) is 4.46. The smallest absolute Gasteiger partial charge is 0.326 e. The van der Waals surface area contributed by atoms with Crippen LogP contribution in [0.15, 0.2) is 39.9 Å². The van der Waals surface area contributed by atoms with E-state index >= 15 is 0 Å². The number of carbonyl (C=O) groups is 1. The van der Waals surface area contributed by atoms with Gasteiger partial charge in [0.2, 0.25) is 0 Å². The molecule has 1 unspecified atom stereocenters. The number of benzene rings is 1. The summed E-state index contributed by atoms with van der Waals surface area (Å²) in [7, 11) is 0. The number of hydrogen-bond acceptors (Lipinski definition) is 4. The Bertz CT molecular complexity index is 896. The summed E-state index contributed by atoms with van der Waals surface area (Å²) < 4.78 is 0. The molecule has 136 valence electrons. The van der Waals surface area contributed by atoms with Gasteiger partial charge in [-0.05, 0) is 30.4 Å². The van der Waals surface area contributed by atoms with E-state index in [4.69, 9.17) is 0 Å². The number of nitrogens with zero attached hydrogens (tertiary/aromatic N) is 2. The fraction of sp³-hybridized carbons (Fsp3) is 0.421. The standard InChI is InChI=1S/C19H22N4O3/c24-17-12-16(20-19(26)21-17)18(25)23-9-7-22(8-10-23)15-6-5-13-3-1-2-4-14(13)11-15/h1-4,12,15H,5-11H2,(H2,20,21,24,26). The summed E-state index contributed by atoms with van der Waals surface area (Å²) in [5.41, 5.74) is 1.73. The van der Waals surface area contributed by atoms with Crippen molar-refractivity contribution < 1.29 is 4.79 Å². The molecule has 1 amide bonds. The zero-order chi connectivity index (χ0) is 18.1. The van der Waals surface area contributed by atoms with E-state index in [0.717, 1.165) is 38.4 Å². The molecule has 2 heterocycles. The molecule has 1 saturated heterocycles. The lowest BCUT2D eigenvalue weighted by Crippen LogP contribution is -2.53. The number of aryl methyl sites for hydroxylation is 1. The highest BCUT2D eigenvalue weighted by Crippen LogP contribution is 2.25. The van der Waals surface area contributed by atoms with Crippen molar-refractivity contribution in [3.05, 3.63) is 68.0 Å². The molecule has 2 aromatic rings. The molecule has 1 aliphatic heterocycles. The fourth-order valence-electron chi connectivity index (χ4n) is 4.03. The van der Waals surface area contributed by atoms with Gasteiger partial charge < -0.3 is 9.88 Å². The van der Waals surface area contributed by atoms with Crippen LogP contribution in [-0.4, -0.2) is 57.9 Å². The first-order valence-corrected chi connectivity index (χ1v) is 9.04. The van der Waals surface area contributed by atoms with Crippen molar-refractivity contribution in [2.45, 2.75) is 25.3 Å². The summed E-state index contributed by atoms with van der Waals surface area (Å²) in [6, 6.07) is 10.3. The SMILES string of the molecule is O=C(c1cc(=O)[nH]c(=O)[nH]1)N1CCN(C2CCc3ccccc3C2)CC1. The van der Waals surface area contributed by atoms with Crippen molar-refractivity contribution in [3.63, 3.8) is 0 Å². The summed E-state index contributed by atoms with van der Waals surface area (Å²) in [6.07, 6.45) is 3.31. The van der Waals surface area contributed by atoms with Gasteiger partial charge in [-0.15, -0.1) is 0 Å². The number of rotatable bonds is 2. The molecular formula is C19H22N4O3. The lowest BCUT2D eigenvalue weighted by Gasteiger charge is -2.41. The highest BCUT2D eigenvalue weighted by molar-refractivity contribution is 5.92. The average molecular weight is 354 g/mol. The summed E-state index contributed by atoms with van der Waals surface area (Å²) in [6.45, 7) is 2.83. The van der Waals surface area contributed by atoms with Gasteiger partial charge in [0.15, 0.2) is 0 Å². The maximum absolute atomic E-state index is 12.5. The zero-order valence-corrected chi connectivity index (χ0v) is 14.5. The fourth-order valence-corrected chi connectivity index (χ4v) is 4.03. The molecule has 1 atom stereocenters. The van der Waals surface area contributed by atoms with E-state index in [-0.39, 0.29) is 11.6 Å². The van der Waals surface area contributed by atoms with Crippen molar-refractivity contribution in [2.24, 2.45) is 0 Å². The van der Waals surface area contributed by atoms with E-state index in [0.29, 0.717) is 19.1 Å². The second-order valence-electron chi connectivity index (χ2n) is 6.99. The maximum Gasteiger partial charge on any atom is 0.326 e. The molecule has 1 aromatic carbocycles. The van der Waals surface area contributed by atoms with E-state index in [1.54, 1.807) is 4.90 Å². The number of H-pyrrole nitrogens is 2. The van der Waals surface area contributed by atoms with E-state index in [1.165, 1.54) is 11.1 Å². The Morgan fingerprint density at radius 1 is 1.00 bits per heavy atom. The minimum atomic E-state index is -0.652. The quantitative estimate of drug-likeness (QED) is 0.816. The Balaban J connectivity index is 1.39. The van der Waals surface area contributed by atoms with Gasteiger partial charge in [0, 0.05) is 38.3 Å². The molecule has 2 N–H and O–H groups in total. The number of hydrogen-bond donors (Lipinski definition) is 2. The van der Waals surface area contributed by atoms with Gasteiger partial charge >= 0.3 is 5.69 Å². The number of piperazine rings is 1. The van der Waals surface area contributed by atoms with Crippen molar-refractivity contribution in [1.29, 1.82) is 0 Å². The molecule has 7 heteroatoms. The van der Waals surface area contributed by atoms with Crippen molar-refractivity contribution in [3.8, 4) is 0 Å². The molecule has 0 saturated carbocycles. The van der Waals surface area contributed by atoms with Gasteiger partial charge in [-0.3, -0.25) is 19.5 Å². The molecule has 1 fully saturated rings. The second kappa shape index (κ2) is 6.92. The molecule has 4 rings (SSSR count). The average Bonchev–Trinajstić information content (AvgIpc) is 2.66. The van der Waals surface area contributed by atoms with Crippen LogP contribution in [0.2, 0.25) is 0 Å². The minimum absolute atomic E-state index is 0.0544. The minimum Gasteiger partial charge on any atom is -0.335 e. The van der Waals surface area contributed by atoms with E-state index in [9.17, 15) is 14.4 Å². The first-order valence-electron chi connectivity index (χ1n) is 9.04. The number of fused-ring (bicyclic) bond motifs is 1. The summed E-state index contributed by atoms with van der Waals surface area (Å²) in [5.74, 6) is -0.290. The second-order valence-corrected chi connectivity index (χ2v) is 6.99. The Morgan fingerprint density at radius 2 is 1.73 bits per heavy atom. The largest absolute Gasteiger partial charge is 0.335 e. The van der Waals surface area contributed by atoms with Crippen LogP contribution in [0.5, 0.6) is 0 Å². The molecule has 1 aliphatic carbocycles. The van der Waals surface area contributed by atoms with Gasteiger partial charge in [-0.25, -0.2) is 4.79 Å². The van der Waals surface area contributed by atoms with Crippen LogP contribution in [0.1, 0.15) is 28.0 Å². The van der Waals surface area contributed by atoms with Gasteiger partial charge in [-0.2, -0.15) is 0 Å². The van der Waals surface area contributed by atoms with Crippen LogP contribution in [0.25, 0.3) is 0 Å². The first kappa shape index (κ1) is 16.8. The number of aromatic amines is 2. The van der Waals surface area contributed by atoms with Crippen LogP contribution in [-0.2, 0) is 12.8 Å². The zero-order valence-electron chi connectivity index (χ0n) is 14.5. The molecule has 1 aromatic heterocycles. The van der Waals surface area contributed by atoms with Crippen LogP contribution >= 0.6 is 0 Å². The molecule has 2 aliphatic rings. The summed E-state index contributed by atoms with van der Waals surface area (Å²) >= 11 is 0.